The second-order valence-electron chi connectivity index (χ2n) is 10.2. The molecule has 0 amide bonds. The number of fused-ring (bicyclic) bond motifs is 1. The van der Waals surface area contributed by atoms with E-state index in [9.17, 15) is 0 Å². The zero-order valence-electron chi connectivity index (χ0n) is 21.6. The summed E-state index contributed by atoms with van der Waals surface area (Å²) in [6, 6.07) is 14.9. The lowest BCUT2D eigenvalue weighted by Gasteiger charge is -2.17. The molecule has 0 spiro atoms. The van der Waals surface area contributed by atoms with Crippen molar-refractivity contribution in [3.8, 4) is 21.3 Å². The standard InChI is InChI=1S/C26H30ClN7OSSi/c1-18-22(21-8-6-7-13-34(21)30-18)26-29-25(32(2)20-11-9-19(27)10-12-20)23(36-26)24-28-16-33(31-24)17-35-14-15-37(3,4)5/h6-13,16H,14-15,17H2,1-5H3. The van der Waals surface area contributed by atoms with Gasteiger partial charge in [0.1, 0.15) is 22.9 Å². The van der Waals surface area contributed by atoms with Gasteiger partial charge in [-0.1, -0.05) is 37.3 Å². The minimum absolute atomic E-state index is 0.374. The molecule has 8 nitrogen and oxygen atoms in total. The molecule has 0 radical (unpaired) electrons. The third kappa shape index (κ3) is 5.62. The summed E-state index contributed by atoms with van der Waals surface area (Å²) in [6.07, 6.45) is 3.67. The monoisotopic (exact) mass is 551 g/mol. The number of aromatic nitrogens is 6. The van der Waals surface area contributed by atoms with Crippen LogP contribution in [-0.4, -0.2) is 51.1 Å². The maximum absolute atomic E-state index is 6.14. The highest BCUT2D eigenvalue weighted by molar-refractivity contribution is 7.19. The van der Waals surface area contributed by atoms with Crippen molar-refractivity contribution >= 4 is 48.0 Å². The largest absolute Gasteiger partial charge is 0.359 e. The Morgan fingerprint density at radius 3 is 2.62 bits per heavy atom. The number of hydrogen-bond donors (Lipinski definition) is 0. The van der Waals surface area contributed by atoms with Gasteiger partial charge in [0.15, 0.2) is 11.6 Å². The molecule has 37 heavy (non-hydrogen) atoms. The van der Waals surface area contributed by atoms with Gasteiger partial charge in [-0.15, -0.1) is 16.4 Å². The maximum Gasteiger partial charge on any atom is 0.195 e. The van der Waals surface area contributed by atoms with Crippen LogP contribution < -0.4 is 4.90 Å². The molecular formula is C26H30ClN7OSSi. The molecule has 4 aromatic heterocycles. The minimum Gasteiger partial charge on any atom is -0.359 e. The lowest BCUT2D eigenvalue weighted by molar-refractivity contribution is 0.0785. The molecule has 0 fully saturated rings. The summed E-state index contributed by atoms with van der Waals surface area (Å²) in [5.41, 5.74) is 3.90. The highest BCUT2D eigenvalue weighted by atomic mass is 35.5. The van der Waals surface area contributed by atoms with Crippen LogP contribution in [-0.2, 0) is 11.5 Å². The highest BCUT2D eigenvalue weighted by Crippen LogP contribution is 2.42. The Kier molecular flexibility index (Phi) is 7.17. The van der Waals surface area contributed by atoms with Gasteiger partial charge in [0.2, 0.25) is 0 Å². The van der Waals surface area contributed by atoms with Crippen LogP contribution in [0.25, 0.3) is 26.8 Å². The smallest absolute Gasteiger partial charge is 0.195 e. The summed E-state index contributed by atoms with van der Waals surface area (Å²) in [5, 5.41) is 11.0. The number of benzene rings is 1. The van der Waals surface area contributed by atoms with Crippen LogP contribution in [0.3, 0.4) is 0 Å². The average Bonchev–Trinajstić information content (AvgIpc) is 3.57. The van der Waals surface area contributed by atoms with Crippen molar-refractivity contribution in [2.24, 2.45) is 0 Å². The fourth-order valence-electron chi connectivity index (χ4n) is 3.96. The van der Waals surface area contributed by atoms with E-state index >= 15 is 0 Å². The zero-order valence-corrected chi connectivity index (χ0v) is 24.2. The number of ether oxygens (including phenoxy) is 1. The molecule has 0 saturated carbocycles. The minimum atomic E-state index is -1.14. The first-order chi connectivity index (χ1) is 17.7. The number of thiazole rings is 1. The molecule has 0 saturated heterocycles. The van der Waals surface area contributed by atoms with E-state index in [2.05, 4.69) is 35.8 Å². The predicted octanol–water partition coefficient (Wildman–Crippen LogP) is 6.76. The molecule has 0 unspecified atom stereocenters. The van der Waals surface area contributed by atoms with Crippen LogP contribution in [0.15, 0.2) is 55.0 Å². The Hall–Kier alpha value is -3.05. The van der Waals surface area contributed by atoms with Crippen molar-refractivity contribution in [1.29, 1.82) is 0 Å². The zero-order chi connectivity index (χ0) is 26.2. The lowest BCUT2D eigenvalue weighted by Crippen LogP contribution is -2.22. The van der Waals surface area contributed by atoms with Gasteiger partial charge in [-0.05, 0) is 49.4 Å². The molecule has 192 valence electrons. The van der Waals surface area contributed by atoms with E-state index in [-0.39, 0.29) is 0 Å². The van der Waals surface area contributed by atoms with Gasteiger partial charge in [0.25, 0.3) is 0 Å². The molecule has 0 bridgehead atoms. The number of nitrogens with zero attached hydrogens (tertiary/aromatic N) is 7. The fraction of sp³-hybridized carbons (Fsp3) is 0.308. The summed E-state index contributed by atoms with van der Waals surface area (Å²) in [7, 11) is 0.847. The summed E-state index contributed by atoms with van der Waals surface area (Å²) in [5.74, 6) is 1.39. The Labute approximate surface area is 226 Å². The molecule has 0 aliphatic carbocycles. The Bertz CT molecular complexity index is 1520. The molecule has 5 rings (SSSR count). The Balaban J connectivity index is 1.52. The third-order valence-corrected chi connectivity index (χ3v) is 9.04. The summed E-state index contributed by atoms with van der Waals surface area (Å²) in [6.45, 7) is 10.1. The Morgan fingerprint density at radius 2 is 1.86 bits per heavy atom. The van der Waals surface area contributed by atoms with Gasteiger partial charge in [-0.2, -0.15) is 5.10 Å². The molecular weight excluding hydrogens is 522 g/mol. The van der Waals surface area contributed by atoms with Crippen molar-refractivity contribution in [2.75, 3.05) is 18.6 Å². The van der Waals surface area contributed by atoms with E-state index in [0.29, 0.717) is 17.6 Å². The molecule has 0 aliphatic rings. The predicted molar refractivity (Wildman–Crippen MR) is 154 cm³/mol. The van der Waals surface area contributed by atoms with Gasteiger partial charge < -0.3 is 9.64 Å². The van der Waals surface area contributed by atoms with Crippen molar-refractivity contribution in [1.82, 2.24) is 29.4 Å². The van der Waals surface area contributed by atoms with Crippen molar-refractivity contribution < 1.29 is 4.74 Å². The first-order valence-corrected chi connectivity index (χ1v) is 17.0. The van der Waals surface area contributed by atoms with Gasteiger partial charge >= 0.3 is 0 Å². The number of pyridine rings is 1. The van der Waals surface area contributed by atoms with Crippen LogP contribution >= 0.6 is 22.9 Å². The molecule has 0 atom stereocenters. The SMILES string of the molecule is Cc1nn2ccccc2c1-c1nc(N(C)c2ccc(Cl)cc2)c(-c2ncn(COCC[Si](C)(C)C)n2)s1. The summed E-state index contributed by atoms with van der Waals surface area (Å²) >= 11 is 7.70. The van der Waals surface area contributed by atoms with Crippen molar-refractivity contribution in [3.05, 3.63) is 65.7 Å². The third-order valence-electron chi connectivity index (χ3n) is 6.03. The first kappa shape index (κ1) is 25.6. The summed E-state index contributed by atoms with van der Waals surface area (Å²) in [4.78, 5) is 12.6. The number of aryl methyl sites for hydroxylation is 1. The van der Waals surface area contributed by atoms with E-state index in [1.165, 1.54) is 0 Å². The van der Waals surface area contributed by atoms with Crippen molar-refractivity contribution in [2.45, 2.75) is 39.3 Å². The van der Waals surface area contributed by atoms with Crippen LogP contribution in [0.1, 0.15) is 5.69 Å². The van der Waals surface area contributed by atoms with Crippen LogP contribution in [0.4, 0.5) is 11.5 Å². The first-order valence-electron chi connectivity index (χ1n) is 12.1. The topological polar surface area (TPSA) is 73.4 Å². The molecule has 0 aliphatic heterocycles. The van der Waals surface area contributed by atoms with E-state index in [0.717, 1.165) is 50.8 Å². The van der Waals surface area contributed by atoms with E-state index in [1.807, 2.05) is 66.0 Å². The van der Waals surface area contributed by atoms with Gasteiger partial charge in [0, 0.05) is 38.6 Å². The second kappa shape index (κ2) is 10.4. The van der Waals surface area contributed by atoms with Crippen LogP contribution in [0.5, 0.6) is 0 Å². The number of halogens is 1. The van der Waals surface area contributed by atoms with Crippen molar-refractivity contribution in [3.63, 3.8) is 0 Å². The van der Waals surface area contributed by atoms with E-state index in [4.69, 9.17) is 26.4 Å². The highest BCUT2D eigenvalue weighted by Gasteiger charge is 2.24. The second-order valence-corrected chi connectivity index (χ2v) is 17.2. The molecule has 11 heteroatoms. The number of anilines is 2. The fourth-order valence-corrected chi connectivity index (χ4v) is 5.98. The lowest BCUT2D eigenvalue weighted by atomic mass is 10.2. The molecule has 4 heterocycles. The quantitative estimate of drug-likeness (QED) is 0.149. The van der Waals surface area contributed by atoms with Gasteiger partial charge in [0.05, 0.1) is 16.8 Å². The number of hydrogen-bond acceptors (Lipinski definition) is 7. The summed E-state index contributed by atoms with van der Waals surface area (Å²) < 4.78 is 9.51. The van der Waals surface area contributed by atoms with Crippen LogP contribution in [0, 0.1) is 6.92 Å². The van der Waals surface area contributed by atoms with E-state index in [1.54, 1.807) is 22.3 Å². The van der Waals surface area contributed by atoms with E-state index < -0.39 is 8.07 Å². The van der Waals surface area contributed by atoms with Crippen LogP contribution in [0.2, 0.25) is 30.7 Å². The number of rotatable bonds is 9. The molecule has 5 aromatic rings. The normalized spacial score (nSPS) is 11.9. The average molecular weight is 552 g/mol. The maximum atomic E-state index is 6.14. The van der Waals surface area contributed by atoms with Gasteiger partial charge in [-0.25, -0.2) is 19.2 Å². The Morgan fingerprint density at radius 1 is 1.08 bits per heavy atom. The molecule has 0 N–H and O–H groups in total. The molecule has 1 aromatic carbocycles. The van der Waals surface area contributed by atoms with Gasteiger partial charge in [-0.3, -0.25) is 0 Å².